The van der Waals surface area contributed by atoms with Crippen LogP contribution in [0, 0.1) is 0 Å². The molecule has 0 aliphatic heterocycles. The van der Waals surface area contributed by atoms with Crippen molar-refractivity contribution in [2.45, 2.75) is 84.0 Å². The van der Waals surface area contributed by atoms with Gasteiger partial charge in [0.05, 0.1) is 12.1 Å². The van der Waals surface area contributed by atoms with Crippen molar-refractivity contribution < 1.29 is 19.9 Å². The molecule has 1 aromatic carbocycles. The molecule has 0 spiro atoms. The van der Waals surface area contributed by atoms with E-state index in [0.717, 1.165) is 12.8 Å². The minimum atomic E-state index is -0.943. The third-order valence-corrected chi connectivity index (χ3v) is 4.71. The number of rotatable bonds is 15. The van der Waals surface area contributed by atoms with Crippen LogP contribution in [0.5, 0.6) is 0 Å². The van der Waals surface area contributed by atoms with Crippen molar-refractivity contribution in [1.29, 1.82) is 0 Å². The molecule has 6 heteroatoms. The van der Waals surface area contributed by atoms with Crippen LogP contribution >= 0.6 is 0 Å². The van der Waals surface area contributed by atoms with Gasteiger partial charge in [0.1, 0.15) is 0 Å². The molecule has 1 rings (SSSR count). The number of aliphatic carboxylic acids is 1. The monoisotopic (exact) mass is 390 g/mol. The summed E-state index contributed by atoms with van der Waals surface area (Å²) in [6.07, 6.45) is 11.5. The Morgan fingerprint density at radius 1 is 0.857 bits per heavy atom. The summed E-state index contributed by atoms with van der Waals surface area (Å²) >= 11 is 0. The SMILES string of the molecule is CCCCCCCCCCCC(=O)Nc1ccc(/C(CCC(=O)O)=N/O)cc1. The highest BCUT2D eigenvalue weighted by molar-refractivity contribution is 6.01. The molecular formula is C22H34N2O4. The number of anilines is 1. The predicted molar refractivity (Wildman–Crippen MR) is 112 cm³/mol. The van der Waals surface area contributed by atoms with E-state index in [1.165, 1.54) is 44.9 Å². The zero-order valence-corrected chi connectivity index (χ0v) is 17.0. The van der Waals surface area contributed by atoms with Crippen LogP contribution < -0.4 is 5.32 Å². The van der Waals surface area contributed by atoms with Gasteiger partial charge in [-0.1, -0.05) is 75.6 Å². The first-order valence-corrected chi connectivity index (χ1v) is 10.4. The Morgan fingerprint density at radius 2 is 1.43 bits per heavy atom. The third kappa shape index (κ3) is 10.7. The minimum Gasteiger partial charge on any atom is -0.481 e. The molecule has 156 valence electrons. The second-order valence-corrected chi connectivity index (χ2v) is 7.14. The molecule has 0 fully saturated rings. The zero-order valence-electron chi connectivity index (χ0n) is 17.0. The molecule has 28 heavy (non-hydrogen) atoms. The van der Waals surface area contributed by atoms with Crippen molar-refractivity contribution in [2.24, 2.45) is 5.16 Å². The maximum Gasteiger partial charge on any atom is 0.303 e. The average molecular weight is 391 g/mol. The number of oxime groups is 1. The number of carbonyl (C=O) groups excluding carboxylic acids is 1. The number of hydrogen-bond acceptors (Lipinski definition) is 4. The van der Waals surface area contributed by atoms with Crippen molar-refractivity contribution in [1.82, 2.24) is 0 Å². The summed E-state index contributed by atoms with van der Waals surface area (Å²) in [5, 5.41) is 23.8. The van der Waals surface area contributed by atoms with E-state index in [4.69, 9.17) is 10.3 Å². The number of unbranched alkanes of at least 4 members (excludes halogenated alkanes) is 8. The number of amides is 1. The zero-order chi connectivity index (χ0) is 20.6. The van der Waals surface area contributed by atoms with E-state index in [2.05, 4.69) is 17.4 Å². The summed E-state index contributed by atoms with van der Waals surface area (Å²) < 4.78 is 0. The normalized spacial score (nSPS) is 11.4. The fraction of sp³-hybridized carbons (Fsp3) is 0.591. The molecule has 0 saturated carbocycles. The average Bonchev–Trinajstić information content (AvgIpc) is 2.68. The third-order valence-electron chi connectivity index (χ3n) is 4.71. The standard InChI is InChI=1S/C22H34N2O4/c1-2-3-4-5-6-7-8-9-10-11-21(25)23-19-14-12-18(13-15-19)20(24-28)16-17-22(26)27/h12-15,28H,2-11,16-17H2,1H3,(H,23,25)(H,26,27)/b24-20+. The van der Waals surface area contributed by atoms with E-state index in [1.54, 1.807) is 24.3 Å². The molecule has 1 amide bonds. The number of carboxylic acid groups (broad SMARTS) is 1. The lowest BCUT2D eigenvalue weighted by molar-refractivity contribution is -0.136. The smallest absolute Gasteiger partial charge is 0.303 e. The molecule has 0 atom stereocenters. The lowest BCUT2D eigenvalue weighted by atomic mass is 10.1. The summed E-state index contributed by atoms with van der Waals surface area (Å²) in [6.45, 7) is 2.22. The van der Waals surface area contributed by atoms with Gasteiger partial charge in [-0.3, -0.25) is 9.59 Å². The largest absolute Gasteiger partial charge is 0.481 e. The van der Waals surface area contributed by atoms with E-state index in [0.29, 0.717) is 23.4 Å². The Hall–Kier alpha value is -2.37. The van der Waals surface area contributed by atoms with E-state index >= 15 is 0 Å². The van der Waals surface area contributed by atoms with Crippen molar-refractivity contribution in [2.75, 3.05) is 5.32 Å². The molecule has 0 aliphatic rings. The van der Waals surface area contributed by atoms with Crippen LogP contribution in [0.15, 0.2) is 29.4 Å². The van der Waals surface area contributed by atoms with Crippen molar-refractivity contribution in [3.8, 4) is 0 Å². The van der Waals surface area contributed by atoms with Crippen LogP contribution in [-0.4, -0.2) is 27.9 Å². The summed E-state index contributed by atoms with van der Waals surface area (Å²) in [4.78, 5) is 22.7. The molecule has 1 aromatic rings. The highest BCUT2D eigenvalue weighted by Gasteiger charge is 2.08. The Kier molecular flexibility index (Phi) is 12.4. The maximum absolute atomic E-state index is 12.0. The molecule has 0 aromatic heterocycles. The van der Waals surface area contributed by atoms with Gasteiger partial charge in [0.15, 0.2) is 0 Å². The molecule has 0 radical (unpaired) electrons. The summed E-state index contributed by atoms with van der Waals surface area (Å²) in [5.41, 5.74) is 1.64. The number of nitrogens with one attached hydrogen (secondary N) is 1. The molecule has 0 saturated heterocycles. The number of benzene rings is 1. The second kappa shape index (κ2) is 14.7. The Balaban J connectivity index is 2.25. The van der Waals surface area contributed by atoms with Crippen LogP contribution in [0.25, 0.3) is 0 Å². The number of carbonyl (C=O) groups is 2. The van der Waals surface area contributed by atoms with Gasteiger partial charge in [-0.15, -0.1) is 0 Å². The quantitative estimate of drug-likeness (QED) is 0.157. The van der Waals surface area contributed by atoms with Gasteiger partial charge < -0.3 is 15.6 Å². The second-order valence-electron chi connectivity index (χ2n) is 7.14. The van der Waals surface area contributed by atoms with Crippen LogP contribution in [0.1, 0.15) is 89.5 Å². The van der Waals surface area contributed by atoms with Crippen molar-refractivity contribution in [3.05, 3.63) is 29.8 Å². The molecule has 0 unspecified atom stereocenters. The maximum atomic E-state index is 12.0. The Labute approximate surface area is 168 Å². The molecular weight excluding hydrogens is 356 g/mol. The Morgan fingerprint density at radius 3 is 1.96 bits per heavy atom. The van der Waals surface area contributed by atoms with E-state index < -0.39 is 5.97 Å². The lowest BCUT2D eigenvalue weighted by Crippen LogP contribution is -2.11. The topological polar surface area (TPSA) is 99.0 Å². The highest BCUT2D eigenvalue weighted by Crippen LogP contribution is 2.14. The first kappa shape index (κ1) is 23.7. The summed E-state index contributed by atoms with van der Waals surface area (Å²) in [6, 6.07) is 6.89. The number of hydrogen-bond donors (Lipinski definition) is 3. The van der Waals surface area contributed by atoms with Gasteiger partial charge in [-0.2, -0.15) is 0 Å². The van der Waals surface area contributed by atoms with Gasteiger partial charge in [0.2, 0.25) is 5.91 Å². The number of carboxylic acids is 1. The predicted octanol–water partition coefficient (Wildman–Crippen LogP) is 5.59. The van der Waals surface area contributed by atoms with Gasteiger partial charge in [-0.05, 0) is 24.1 Å². The van der Waals surface area contributed by atoms with Gasteiger partial charge in [0, 0.05) is 18.5 Å². The van der Waals surface area contributed by atoms with E-state index in [9.17, 15) is 9.59 Å². The summed E-state index contributed by atoms with van der Waals surface area (Å²) in [7, 11) is 0. The van der Waals surface area contributed by atoms with Crippen molar-refractivity contribution in [3.63, 3.8) is 0 Å². The van der Waals surface area contributed by atoms with Gasteiger partial charge in [-0.25, -0.2) is 0 Å². The first-order valence-electron chi connectivity index (χ1n) is 10.4. The van der Waals surface area contributed by atoms with Crippen LogP contribution in [0.2, 0.25) is 0 Å². The summed E-state index contributed by atoms with van der Waals surface area (Å²) in [5.74, 6) is -0.945. The fourth-order valence-corrected chi connectivity index (χ4v) is 3.04. The van der Waals surface area contributed by atoms with Crippen molar-refractivity contribution >= 4 is 23.3 Å². The first-order chi connectivity index (χ1) is 13.6. The molecule has 6 nitrogen and oxygen atoms in total. The van der Waals surface area contributed by atoms with Crippen LogP contribution in [-0.2, 0) is 9.59 Å². The van der Waals surface area contributed by atoms with Gasteiger partial charge >= 0.3 is 5.97 Å². The van der Waals surface area contributed by atoms with Gasteiger partial charge in [0.25, 0.3) is 0 Å². The molecule has 3 N–H and O–H groups in total. The minimum absolute atomic E-state index is 0.00220. The highest BCUT2D eigenvalue weighted by atomic mass is 16.4. The fourth-order valence-electron chi connectivity index (χ4n) is 3.04. The molecule has 0 aliphatic carbocycles. The van der Waals surface area contributed by atoms with E-state index in [-0.39, 0.29) is 18.7 Å². The molecule has 0 bridgehead atoms. The molecule has 0 heterocycles. The lowest BCUT2D eigenvalue weighted by Gasteiger charge is -2.07. The van der Waals surface area contributed by atoms with E-state index in [1.807, 2.05) is 0 Å². The Bertz CT molecular complexity index is 611. The van der Waals surface area contributed by atoms with Crippen LogP contribution in [0.4, 0.5) is 5.69 Å². The van der Waals surface area contributed by atoms with Crippen LogP contribution in [0.3, 0.4) is 0 Å². The number of nitrogens with zero attached hydrogens (tertiary/aromatic N) is 1.